The van der Waals surface area contributed by atoms with Gasteiger partial charge < -0.3 is 19.5 Å². The number of benzene rings is 2. The molecule has 0 aromatic heterocycles. The average molecular weight is 313 g/mol. The van der Waals surface area contributed by atoms with Crippen LogP contribution < -0.4 is 14.8 Å². The minimum Gasteiger partial charge on any atom is -0.493 e. The Hall–Kier alpha value is -2.69. The van der Waals surface area contributed by atoms with Gasteiger partial charge in [0.15, 0.2) is 11.5 Å². The monoisotopic (exact) mass is 313 g/mol. The molecule has 1 aliphatic heterocycles. The van der Waals surface area contributed by atoms with E-state index in [1.807, 2.05) is 31.2 Å². The van der Waals surface area contributed by atoms with E-state index in [0.29, 0.717) is 17.1 Å². The minimum atomic E-state index is -0.542. The van der Waals surface area contributed by atoms with Gasteiger partial charge in [-0.1, -0.05) is 6.07 Å². The van der Waals surface area contributed by atoms with Gasteiger partial charge in [-0.3, -0.25) is 0 Å². The van der Waals surface area contributed by atoms with Gasteiger partial charge >= 0.3 is 5.97 Å². The number of anilines is 1. The molecule has 0 radical (unpaired) electrons. The first-order valence-corrected chi connectivity index (χ1v) is 7.34. The van der Waals surface area contributed by atoms with Crippen LogP contribution in [-0.2, 0) is 4.74 Å². The van der Waals surface area contributed by atoms with Gasteiger partial charge in [-0.05, 0) is 49.2 Å². The van der Waals surface area contributed by atoms with E-state index in [1.54, 1.807) is 6.07 Å². The zero-order valence-corrected chi connectivity index (χ0v) is 13.6. The van der Waals surface area contributed by atoms with Gasteiger partial charge in [0.1, 0.15) is 5.56 Å². The van der Waals surface area contributed by atoms with Crippen molar-refractivity contribution in [1.82, 2.24) is 0 Å². The van der Waals surface area contributed by atoms with Crippen molar-refractivity contribution < 1.29 is 19.0 Å². The fourth-order valence-electron chi connectivity index (χ4n) is 2.69. The molecule has 1 atom stereocenters. The number of aryl methyl sites for hydroxylation is 2. The molecule has 120 valence electrons. The molecule has 1 N–H and O–H groups in total. The molecular weight excluding hydrogens is 294 g/mol. The van der Waals surface area contributed by atoms with E-state index in [9.17, 15) is 4.79 Å². The summed E-state index contributed by atoms with van der Waals surface area (Å²) in [5, 5.41) is 3.24. The summed E-state index contributed by atoms with van der Waals surface area (Å²) in [6.45, 7) is 4.10. The van der Waals surface area contributed by atoms with Gasteiger partial charge in [0.2, 0.25) is 6.23 Å². The van der Waals surface area contributed by atoms with Crippen molar-refractivity contribution in [1.29, 1.82) is 0 Å². The van der Waals surface area contributed by atoms with E-state index in [1.165, 1.54) is 25.3 Å². The second-order valence-corrected chi connectivity index (χ2v) is 5.49. The SMILES string of the molecule is COc1ccc2c(c1OC)C(=O)OC2Nc1ccc(C)c(C)c1. The number of esters is 1. The van der Waals surface area contributed by atoms with E-state index in [2.05, 4.69) is 12.2 Å². The predicted molar refractivity (Wildman–Crippen MR) is 87.2 cm³/mol. The number of carbonyl (C=O) groups is 1. The lowest BCUT2D eigenvalue weighted by atomic mass is 10.1. The molecule has 1 aliphatic rings. The predicted octanol–water partition coefficient (Wildman–Crippen LogP) is 3.60. The summed E-state index contributed by atoms with van der Waals surface area (Å²) in [4.78, 5) is 12.2. The van der Waals surface area contributed by atoms with E-state index in [4.69, 9.17) is 14.2 Å². The number of nitrogens with one attached hydrogen (secondary N) is 1. The second-order valence-electron chi connectivity index (χ2n) is 5.49. The van der Waals surface area contributed by atoms with E-state index >= 15 is 0 Å². The third-order valence-electron chi connectivity index (χ3n) is 4.09. The maximum atomic E-state index is 12.2. The molecule has 1 heterocycles. The molecule has 5 heteroatoms. The van der Waals surface area contributed by atoms with Crippen LogP contribution in [0.2, 0.25) is 0 Å². The number of hydrogen-bond acceptors (Lipinski definition) is 5. The van der Waals surface area contributed by atoms with E-state index in [0.717, 1.165) is 11.3 Å². The Balaban J connectivity index is 1.97. The Morgan fingerprint density at radius 2 is 1.83 bits per heavy atom. The third-order valence-corrected chi connectivity index (χ3v) is 4.09. The first-order chi connectivity index (χ1) is 11.0. The van der Waals surface area contributed by atoms with Crippen molar-refractivity contribution >= 4 is 11.7 Å². The maximum absolute atomic E-state index is 12.2. The molecule has 5 nitrogen and oxygen atoms in total. The number of ether oxygens (including phenoxy) is 3. The lowest BCUT2D eigenvalue weighted by Gasteiger charge is -2.16. The van der Waals surface area contributed by atoms with Gasteiger partial charge in [0.05, 0.1) is 14.2 Å². The molecule has 0 spiro atoms. The highest BCUT2D eigenvalue weighted by molar-refractivity contribution is 5.98. The smallest absolute Gasteiger partial charge is 0.344 e. The van der Waals surface area contributed by atoms with Crippen molar-refractivity contribution in [2.24, 2.45) is 0 Å². The van der Waals surface area contributed by atoms with Gasteiger partial charge in [-0.25, -0.2) is 4.79 Å². The summed E-state index contributed by atoms with van der Waals surface area (Å²) >= 11 is 0. The molecule has 1 unspecified atom stereocenters. The molecule has 0 bridgehead atoms. The topological polar surface area (TPSA) is 56.8 Å². The molecule has 2 aromatic rings. The van der Waals surface area contributed by atoms with Crippen LogP contribution in [-0.4, -0.2) is 20.2 Å². The summed E-state index contributed by atoms with van der Waals surface area (Å²) in [5.41, 5.74) is 4.44. The zero-order chi connectivity index (χ0) is 16.6. The van der Waals surface area contributed by atoms with E-state index < -0.39 is 12.2 Å². The number of rotatable bonds is 4. The molecule has 23 heavy (non-hydrogen) atoms. The van der Waals surface area contributed by atoms with Crippen LogP contribution in [0.3, 0.4) is 0 Å². The molecule has 0 amide bonds. The average Bonchev–Trinajstić information content (AvgIpc) is 2.86. The van der Waals surface area contributed by atoms with Crippen molar-refractivity contribution in [3.8, 4) is 11.5 Å². The molecule has 0 fully saturated rings. The Morgan fingerprint density at radius 1 is 1.04 bits per heavy atom. The summed E-state index contributed by atoms with van der Waals surface area (Å²) in [7, 11) is 3.05. The molecule has 3 rings (SSSR count). The normalized spacial score (nSPS) is 15.8. The van der Waals surface area contributed by atoms with Gasteiger partial charge in [0, 0.05) is 11.3 Å². The molecular formula is C18H19NO4. The van der Waals surface area contributed by atoms with Crippen LogP contribution in [0.5, 0.6) is 11.5 Å². The minimum absolute atomic E-state index is 0.402. The first kappa shape index (κ1) is 15.2. The Morgan fingerprint density at radius 3 is 2.48 bits per heavy atom. The van der Waals surface area contributed by atoms with Gasteiger partial charge in [0.25, 0.3) is 0 Å². The van der Waals surface area contributed by atoms with Crippen LogP contribution >= 0.6 is 0 Å². The number of cyclic esters (lactones) is 1. The third kappa shape index (κ3) is 2.59. The van der Waals surface area contributed by atoms with Crippen LogP contribution in [0.15, 0.2) is 30.3 Å². The molecule has 0 saturated carbocycles. The molecule has 0 aliphatic carbocycles. The van der Waals surface area contributed by atoms with Crippen LogP contribution in [0.1, 0.15) is 33.3 Å². The lowest BCUT2D eigenvalue weighted by Crippen LogP contribution is -2.10. The van der Waals surface area contributed by atoms with E-state index in [-0.39, 0.29) is 0 Å². The van der Waals surface area contributed by atoms with Crippen LogP contribution in [0.25, 0.3) is 0 Å². The van der Waals surface area contributed by atoms with Crippen molar-refractivity contribution in [3.63, 3.8) is 0 Å². The quantitative estimate of drug-likeness (QED) is 0.874. The van der Waals surface area contributed by atoms with Crippen molar-refractivity contribution in [3.05, 3.63) is 52.6 Å². The molecule has 0 saturated heterocycles. The number of fused-ring (bicyclic) bond motifs is 1. The highest BCUT2D eigenvalue weighted by Gasteiger charge is 2.35. The van der Waals surface area contributed by atoms with Crippen molar-refractivity contribution in [2.45, 2.75) is 20.1 Å². The highest BCUT2D eigenvalue weighted by atomic mass is 16.6. The summed E-state index contributed by atoms with van der Waals surface area (Å²) in [6.07, 6.45) is -0.542. The summed E-state index contributed by atoms with van der Waals surface area (Å²) in [6, 6.07) is 9.62. The summed E-state index contributed by atoms with van der Waals surface area (Å²) < 4.78 is 16.0. The fourth-order valence-corrected chi connectivity index (χ4v) is 2.69. The largest absolute Gasteiger partial charge is 0.493 e. The number of carbonyl (C=O) groups excluding carboxylic acids is 1. The second kappa shape index (κ2) is 5.83. The fraction of sp³-hybridized carbons (Fsp3) is 0.278. The Kier molecular flexibility index (Phi) is 3.86. The molecule has 2 aromatic carbocycles. The van der Waals surface area contributed by atoms with Gasteiger partial charge in [-0.15, -0.1) is 0 Å². The standard InChI is InChI=1S/C18H19NO4/c1-10-5-6-12(9-11(10)2)19-17-13-7-8-14(21-3)16(22-4)15(13)18(20)23-17/h5-9,17,19H,1-4H3. The summed E-state index contributed by atoms with van der Waals surface area (Å²) in [5.74, 6) is 0.492. The zero-order valence-electron chi connectivity index (χ0n) is 13.6. The number of methoxy groups -OCH3 is 2. The lowest BCUT2D eigenvalue weighted by molar-refractivity contribution is 0.0435. The van der Waals surface area contributed by atoms with Gasteiger partial charge in [-0.2, -0.15) is 0 Å². The van der Waals surface area contributed by atoms with Crippen molar-refractivity contribution in [2.75, 3.05) is 19.5 Å². The highest BCUT2D eigenvalue weighted by Crippen LogP contribution is 2.42. The first-order valence-electron chi connectivity index (χ1n) is 7.34. The maximum Gasteiger partial charge on any atom is 0.344 e. The Bertz CT molecular complexity index is 770. The van der Waals surface area contributed by atoms with Crippen LogP contribution in [0, 0.1) is 13.8 Å². The van der Waals surface area contributed by atoms with Crippen LogP contribution in [0.4, 0.5) is 5.69 Å². The Labute approximate surface area is 135 Å². The number of hydrogen-bond donors (Lipinski definition) is 1.